The van der Waals surface area contributed by atoms with Crippen molar-refractivity contribution in [2.24, 2.45) is 0 Å². The van der Waals surface area contributed by atoms with Crippen LogP contribution in [0.3, 0.4) is 0 Å². The van der Waals surface area contributed by atoms with Gasteiger partial charge >= 0.3 is 17.6 Å². The maximum Gasteiger partial charge on any atom is 0.336 e. The Morgan fingerprint density at radius 3 is 2.26 bits per heavy atom. The Bertz CT molecular complexity index is 1150. The fourth-order valence-electron chi connectivity index (χ4n) is 3.31. The molecule has 7 nitrogen and oxygen atoms in total. The van der Waals surface area contributed by atoms with Gasteiger partial charge in [0.05, 0.1) is 5.56 Å². The highest BCUT2D eigenvalue weighted by Crippen LogP contribution is 2.47. The van der Waals surface area contributed by atoms with Gasteiger partial charge in [-0.05, 0) is 59.7 Å². The topological polar surface area (TPSA) is 92.0 Å². The summed E-state index contributed by atoms with van der Waals surface area (Å²) in [4.78, 5) is 37.0. The molecule has 2 aromatic rings. The average Bonchev–Trinajstić information content (AvgIpc) is 3.11. The van der Waals surface area contributed by atoms with Crippen molar-refractivity contribution >= 4 is 22.9 Å². The largest absolute Gasteiger partial charge is 0.481 e. The number of allylic oxidation sites excluding steroid dienone is 2. The van der Waals surface area contributed by atoms with Crippen LogP contribution in [0.5, 0.6) is 5.75 Å². The maximum absolute atomic E-state index is 12.6. The normalized spacial score (nSPS) is 19.0. The third kappa shape index (κ3) is 4.26. The third-order valence-corrected chi connectivity index (χ3v) is 5.39. The van der Waals surface area contributed by atoms with E-state index in [0.29, 0.717) is 27.8 Å². The van der Waals surface area contributed by atoms with Gasteiger partial charge in [-0.2, -0.15) is 0 Å². The van der Waals surface area contributed by atoms with Gasteiger partial charge in [0, 0.05) is 22.6 Å². The zero-order chi connectivity index (χ0) is 22.9. The summed E-state index contributed by atoms with van der Waals surface area (Å²) in [5, 5.41) is 0.658. The minimum atomic E-state index is -1.17. The minimum absolute atomic E-state index is 0.273. The second-order valence-corrected chi connectivity index (χ2v) is 7.95. The summed E-state index contributed by atoms with van der Waals surface area (Å²) in [6.45, 7) is 10.1. The first-order chi connectivity index (χ1) is 14.6. The van der Waals surface area contributed by atoms with Crippen LogP contribution in [0.2, 0.25) is 0 Å². The first-order valence-corrected chi connectivity index (χ1v) is 10.0. The molecule has 0 aliphatic carbocycles. The van der Waals surface area contributed by atoms with E-state index in [0.717, 1.165) is 0 Å². The molecule has 0 saturated carbocycles. The number of carbonyl (C=O) groups excluding carboxylic acids is 2. The number of esters is 2. The summed E-state index contributed by atoms with van der Waals surface area (Å²) in [7, 11) is 0. The van der Waals surface area contributed by atoms with Gasteiger partial charge in [-0.15, -0.1) is 0 Å². The van der Waals surface area contributed by atoms with Crippen LogP contribution >= 0.6 is 0 Å². The van der Waals surface area contributed by atoms with Gasteiger partial charge in [-0.3, -0.25) is 0 Å². The van der Waals surface area contributed by atoms with E-state index in [1.807, 2.05) is 0 Å². The fraction of sp³-hybridized carbons (Fsp3) is 0.375. The van der Waals surface area contributed by atoms with Crippen molar-refractivity contribution in [1.82, 2.24) is 0 Å². The molecule has 0 spiro atoms. The van der Waals surface area contributed by atoms with Crippen LogP contribution in [0.4, 0.5) is 0 Å². The summed E-state index contributed by atoms with van der Waals surface area (Å²) >= 11 is 0. The van der Waals surface area contributed by atoms with Crippen LogP contribution in [-0.4, -0.2) is 23.6 Å². The predicted molar refractivity (Wildman–Crippen MR) is 115 cm³/mol. The van der Waals surface area contributed by atoms with Crippen molar-refractivity contribution in [2.45, 2.75) is 59.4 Å². The van der Waals surface area contributed by atoms with Crippen LogP contribution in [0.25, 0.3) is 11.0 Å². The molecule has 3 rings (SSSR count). The number of fused-ring (bicyclic) bond motifs is 3. The number of ether oxygens (including phenoxy) is 3. The van der Waals surface area contributed by atoms with E-state index in [-0.39, 0.29) is 5.58 Å². The number of hydrogen-bond donors (Lipinski definition) is 0. The Kier molecular flexibility index (Phi) is 6.06. The average molecular weight is 426 g/mol. The Morgan fingerprint density at radius 1 is 1.00 bits per heavy atom. The lowest BCUT2D eigenvalue weighted by atomic mass is 9.93. The monoisotopic (exact) mass is 426 g/mol. The number of hydrogen-bond acceptors (Lipinski definition) is 7. The van der Waals surface area contributed by atoms with Crippen LogP contribution in [-0.2, 0) is 19.1 Å². The second-order valence-electron chi connectivity index (χ2n) is 7.95. The zero-order valence-electron chi connectivity index (χ0n) is 18.5. The fourth-order valence-corrected chi connectivity index (χ4v) is 3.31. The first-order valence-electron chi connectivity index (χ1n) is 10.0. The molecule has 1 unspecified atom stereocenters. The Labute approximate surface area is 180 Å². The molecule has 31 heavy (non-hydrogen) atoms. The Balaban J connectivity index is 2.11. The van der Waals surface area contributed by atoms with E-state index < -0.39 is 35.4 Å². The number of rotatable bonds is 5. The van der Waals surface area contributed by atoms with Gasteiger partial charge in [0.2, 0.25) is 0 Å². The van der Waals surface area contributed by atoms with Gasteiger partial charge in [-0.1, -0.05) is 12.2 Å². The summed E-state index contributed by atoms with van der Waals surface area (Å²) < 4.78 is 23.1. The molecule has 1 aromatic carbocycles. The quantitative estimate of drug-likeness (QED) is 0.398. The lowest BCUT2D eigenvalue weighted by Gasteiger charge is -2.33. The van der Waals surface area contributed by atoms with Crippen molar-refractivity contribution in [3.05, 3.63) is 63.5 Å². The molecule has 1 aliphatic heterocycles. The third-order valence-electron chi connectivity index (χ3n) is 5.39. The molecule has 7 heteroatoms. The van der Waals surface area contributed by atoms with Crippen molar-refractivity contribution in [2.75, 3.05) is 0 Å². The van der Waals surface area contributed by atoms with Crippen LogP contribution < -0.4 is 10.4 Å². The Morgan fingerprint density at radius 2 is 1.61 bits per heavy atom. The number of benzene rings is 1. The van der Waals surface area contributed by atoms with E-state index >= 15 is 0 Å². The van der Waals surface area contributed by atoms with Gasteiger partial charge in [0.15, 0.2) is 12.2 Å². The van der Waals surface area contributed by atoms with Gasteiger partial charge in [-0.25, -0.2) is 14.4 Å². The molecule has 2 atom stereocenters. The van der Waals surface area contributed by atoms with Crippen LogP contribution in [0.15, 0.2) is 56.8 Å². The van der Waals surface area contributed by atoms with E-state index in [1.165, 1.54) is 6.07 Å². The van der Waals surface area contributed by atoms with Gasteiger partial charge in [0.25, 0.3) is 0 Å². The summed E-state index contributed by atoms with van der Waals surface area (Å²) in [5.74, 6) is -0.649. The molecule has 0 bridgehead atoms. The van der Waals surface area contributed by atoms with Crippen molar-refractivity contribution < 1.29 is 28.2 Å². The summed E-state index contributed by atoms with van der Waals surface area (Å²) in [6.07, 6.45) is 1.47. The standard InChI is InChI=1S/C24H26O7/c1-7-13(3)22(26)30-20-18-16(11-9-15-10-12-17(25)29-19(15)18)28-21(20)24(5,6)31-23(27)14(4)8-2/h7-12,20-21H,1-6H3/b13-7-,14-8?/t20-,21?/m1/s1. The summed E-state index contributed by atoms with van der Waals surface area (Å²) in [6, 6.07) is 6.42. The number of carbonyl (C=O) groups is 2. The van der Waals surface area contributed by atoms with Crippen molar-refractivity contribution in [1.29, 1.82) is 0 Å². The van der Waals surface area contributed by atoms with Gasteiger partial charge in [0.1, 0.15) is 16.9 Å². The maximum atomic E-state index is 12.6. The molecule has 0 saturated heterocycles. The molecule has 1 aliphatic rings. The molecule has 164 valence electrons. The lowest BCUT2D eigenvalue weighted by molar-refractivity contribution is -0.172. The molecule has 0 radical (unpaired) electrons. The minimum Gasteiger partial charge on any atom is -0.481 e. The molecular formula is C24H26O7. The first kappa shape index (κ1) is 22.3. The lowest BCUT2D eigenvalue weighted by Crippen LogP contribution is -2.46. The summed E-state index contributed by atoms with van der Waals surface area (Å²) in [5.41, 5.74) is -0.143. The van der Waals surface area contributed by atoms with E-state index in [4.69, 9.17) is 18.6 Å². The van der Waals surface area contributed by atoms with E-state index in [1.54, 1.807) is 71.9 Å². The molecular weight excluding hydrogens is 400 g/mol. The van der Waals surface area contributed by atoms with E-state index in [2.05, 4.69) is 0 Å². The zero-order valence-corrected chi connectivity index (χ0v) is 18.5. The Hall–Kier alpha value is -3.35. The highest BCUT2D eigenvalue weighted by molar-refractivity contribution is 5.89. The smallest absolute Gasteiger partial charge is 0.336 e. The molecule has 0 fully saturated rings. The predicted octanol–water partition coefficient (Wildman–Crippen LogP) is 4.39. The van der Waals surface area contributed by atoms with Gasteiger partial charge < -0.3 is 18.6 Å². The SMILES string of the molecule is CC=C(C)C(=O)OC(C)(C)C1Oc2ccc3ccc(=O)oc3c2[C@H]1OC(=O)/C(C)=C\C. The second kappa shape index (κ2) is 8.41. The molecule has 0 amide bonds. The highest BCUT2D eigenvalue weighted by Gasteiger charge is 2.50. The molecule has 1 aromatic heterocycles. The van der Waals surface area contributed by atoms with Crippen molar-refractivity contribution in [3.63, 3.8) is 0 Å². The van der Waals surface area contributed by atoms with E-state index in [9.17, 15) is 14.4 Å². The highest BCUT2D eigenvalue weighted by atomic mass is 16.6. The molecule has 2 heterocycles. The van der Waals surface area contributed by atoms with Crippen LogP contribution in [0.1, 0.15) is 53.2 Å². The van der Waals surface area contributed by atoms with Crippen LogP contribution in [0, 0.1) is 0 Å². The molecule has 0 N–H and O–H groups in total. The van der Waals surface area contributed by atoms with Crippen molar-refractivity contribution in [3.8, 4) is 5.75 Å².